The van der Waals surface area contributed by atoms with Crippen LogP contribution in [0.4, 0.5) is 5.69 Å². The highest BCUT2D eigenvalue weighted by Crippen LogP contribution is 2.33. The molecule has 12 heavy (non-hydrogen) atoms. The first-order chi connectivity index (χ1) is 5.57. The number of benzene rings is 1. The fourth-order valence-corrected chi connectivity index (χ4v) is 0.930. The first-order valence-electron chi connectivity index (χ1n) is 3.34. The van der Waals surface area contributed by atoms with Crippen molar-refractivity contribution in [1.29, 1.82) is 0 Å². The van der Waals surface area contributed by atoms with Crippen LogP contribution in [-0.4, -0.2) is 16.5 Å². The number of aryl methyl sites for hydroxylation is 1. The molecule has 64 valence electrons. The van der Waals surface area contributed by atoms with Gasteiger partial charge in [-0.2, -0.15) is 0 Å². The van der Waals surface area contributed by atoms with E-state index in [1.54, 1.807) is 6.92 Å². The van der Waals surface area contributed by atoms with Gasteiger partial charge in [-0.15, -0.1) is 0 Å². The molecule has 0 amide bonds. The quantitative estimate of drug-likeness (QED) is 0.250. The first-order valence-corrected chi connectivity index (χ1v) is 3.34. The van der Waals surface area contributed by atoms with Crippen molar-refractivity contribution < 1.29 is 15.0 Å². The summed E-state index contributed by atoms with van der Waals surface area (Å²) in [6, 6.07) is 1.33. The molecule has 4 N–H and O–H groups in total. The van der Waals surface area contributed by atoms with Crippen molar-refractivity contribution in [1.82, 2.24) is 0 Å². The van der Waals surface area contributed by atoms with Gasteiger partial charge < -0.3 is 15.9 Å². The van der Waals surface area contributed by atoms with Gasteiger partial charge in [0.1, 0.15) is 5.75 Å². The van der Waals surface area contributed by atoms with Crippen molar-refractivity contribution >= 4 is 12.0 Å². The smallest absolute Gasteiger partial charge is 0.157 e. The van der Waals surface area contributed by atoms with Crippen molar-refractivity contribution in [3.8, 4) is 11.5 Å². The first kappa shape index (κ1) is 8.39. The van der Waals surface area contributed by atoms with Gasteiger partial charge in [0.15, 0.2) is 12.0 Å². The van der Waals surface area contributed by atoms with E-state index < -0.39 is 0 Å². The highest BCUT2D eigenvalue weighted by molar-refractivity contribution is 5.87. The summed E-state index contributed by atoms with van der Waals surface area (Å²) in [5, 5.41) is 18.4. The molecule has 0 heterocycles. The van der Waals surface area contributed by atoms with Gasteiger partial charge in [0.25, 0.3) is 0 Å². The maximum atomic E-state index is 10.3. The fraction of sp³-hybridized carbons (Fsp3) is 0.125. The Hall–Kier alpha value is -1.71. The van der Waals surface area contributed by atoms with Gasteiger partial charge in [0, 0.05) is 0 Å². The van der Waals surface area contributed by atoms with Crippen LogP contribution in [-0.2, 0) is 0 Å². The Morgan fingerprint density at radius 1 is 1.50 bits per heavy atom. The molecule has 0 saturated heterocycles. The van der Waals surface area contributed by atoms with Crippen LogP contribution in [0.25, 0.3) is 0 Å². The number of aromatic hydroxyl groups is 2. The molecule has 1 aromatic carbocycles. The SMILES string of the molecule is Cc1cc(O)c(C=O)c(O)c1N. The zero-order chi connectivity index (χ0) is 9.30. The number of carbonyl (C=O) groups excluding carboxylic acids is 1. The van der Waals surface area contributed by atoms with Gasteiger partial charge in [0.2, 0.25) is 0 Å². The second-order valence-corrected chi connectivity index (χ2v) is 2.51. The third-order valence-corrected chi connectivity index (χ3v) is 1.68. The summed E-state index contributed by atoms with van der Waals surface area (Å²) in [6.45, 7) is 1.63. The van der Waals surface area contributed by atoms with Crippen LogP contribution < -0.4 is 5.73 Å². The number of hydrogen-bond acceptors (Lipinski definition) is 4. The summed E-state index contributed by atoms with van der Waals surface area (Å²) in [5.41, 5.74) is 5.90. The standard InChI is InChI=1S/C8H9NO3/c1-4-2-6(11)5(3-10)8(12)7(4)9/h2-3,11-12H,9H2,1H3. The molecular weight excluding hydrogens is 158 g/mol. The Morgan fingerprint density at radius 3 is 2.58 bits per heavy atom. The number of hydrogen-bond donors (Lipinski definition) is 3. The summed E-state index contributed by atoms with van der Waals surface area (Å²) < 4.78 is 0. The third-order valence-electron chi connectivity index (χ3n) is 1.68. The molecule has 0 aromatic heterocycles. The average molecular weight is 167 g/mol. The maximum absolute atomic E-state index is 10.3. The molecular formula is C8H9NO3. The molecule has 0 atom stereocenters. The summed E-state index contributed by atoms with van der Waals surface area (Å²) >= 11 is 0. The Balaban J connectivity index is 3.51. The van der Waals surface area contributed by atoms with Gasteiger partial charge in [0.05, 0.1) is 11.3 Å². The van der Waals surface area contributed by atoms with Crippen LogP contribution in [0.3, 0.4) is 0 Å². The normalized spacial score (nSPS) is 9.75. The van der Waals surface area contributed by atoms with Gasteiger partial charge >= 0.3 is 0 Å². The van der Waals surface area contributed by atoms with Crippen molar-refractivity contribution in [2.24, 2.45) is 0 Å². The molecule has 0 aliphatic heterocycles. The number of phenolic OH excluding ortho intramolecular Hbond substituents is 2. The van der Waals surface area contributed by atoms with E-state index in [9.17, 15) is 9.90 Å². The monoisotopic (exact) mass is 167 g/mol. The van der Waals surface area contributed by atoms with Crippen LogP contribution in [0, 0.1) is 6.92 Å². The Bertz CT molecular complexity index is 334. The predicted octanol–water partition coefficient (Wildman–Crippen LogP) is 0.801. The molecule has 1 aromatic rings. The number of nitrogen functional groups attached to an aromatic ring is 1. The summed E-state index contributed by atoms with van der Waals surface area (Å²) in [4.78, 5) is 10.3. The molecule has 1 rings (SSSR count). The minimum Gasteiger partial charge on any atom is -0.507 e. The van der Waals surface area contributed by atoms with Crippen LogP contribution in [0.2, 0.25) is 0 Å². The van der Waals surface area contributed by atoms with Crippen LogP contribution >= 0.6 is 0 Å². The average Bonchev–Trinajstić information content (AvgIpc) is 2.01. The van der Waals surface area contributed by atoms with Crippen LogP contribution in [0.15, 0.2) is 6.07 Å². The molecule has 4 nitrogen and oxygen atoms in total. The maximum Gasteiger partial charge on any atom is 0.157 e. The van der Waals surface area contributed by atoms with Crippen molar-refractivity contribution in [2.45, 2.75) is 6.92 Å². The van der Waals surface area contributed by atoms with Crippen molar-refractivity contribution in [3.63, 3.8) is 0 Å². The lowest BCUT2D eigenvalue weighted by molar-refractivity contribution is 0.111. The highest BCUT2D eigenvalue weighted by atomic mass is 16.3. The van der Waals surface area contributed by atoms with Gasteiger partial charge in [-0.25, -0.2) is 0 Å². The van der Waals surface area contributed by atoms with E-state index in [0.29, 0.717) is 11.8 Å². The molecule has 0 aliphatic carbocycles. The van der Waals surface area contributed by atoms with E-state index >= 15 is 0 Å². The molecule has 0 bridgehead atoms. The lowest BCUT2D eigenvalue weighted by atomic mass is 10.1. The van der Waals surface area contributed by atoms with E-state index in [-0.39, 0.29) is 22.7 Å². The van der Waals surface area contributed by atoms with Crippen LogP contribution in [0.5, 0.6) is 11.5 Å². The van der Waals surface area contributed by atoms with E-state index in [1.807, 2.05) is 0 Å². The van der Waals surface area contributed by atoms with Crippen molar-refractivity contribution in [3.05, 3.63) is 17.2 Å². The van der Waals surface area contributed by atoms with E-state index in [4.69, 9.17) is 10.8 Å². The zero-order valence-corrected chi connectivity index (χ0v) is 6.53. The van der Waals surface area contributed by atoms with E-state index in [2.05, 4.69) is 0 Å². The summed E-state index contributed by atoms with van der Waals surface area (Å²) in [5.74, 6) is -0.614. The van der Waals surface area contributed by atoms with Gasteiger partial charge in [-0.3, -0.25) is 4.79 Å². The fourth-order valence-electron chi connectivity index (χ4n) is 0.930. The number of rotatable bonds is 1. The Labute approximate surface area is 69.3 Å². The number of anilines is 1. The Kier molecular flexibility index (Phi) is 1.91. The molecule has 0 saturated carbocycles. The second kappa shape index (κ2) is 2.73. The molecule has 0 fully saturated rings. The topological polar surface area (TPSA) is 83.5 Å². The number of nitrogens with two attached hydrogens (primary N) is 1. The van der Waals surface area contributed by atoms with Gasteiger partial charge in [-0.05, 0) is 18.6 Å². The number of carbonyl (C=O) groups is 1. The molecule has 0 spiro atoms. The number of aldehydes is 1. The number of phenols is 2. The second-order valence-electron chi connectivity index (χ2n) is 2.51. The zero-order valence-electron chi connectivity index (χ0n) is 6.53. The van der Waals surface area contributed by atoms with E-state index in [0.717, 1.165) is 0 Å². The minimum absolute atomic E-state index is 0.120. The Morgan fingerprint density at radius 2 is 2.08 bits per heavy atom. The summed E-state index contributed by atoms with van der Waals surface area (Å²) in [6.07, 6.45) is 0.362. The lowest BCUT2D eigenvalue weighted by Gasteiger charge is -2.06. The van der Waals surface area contributed by atoms with Gasteiger partial charge in [-0.1, -0.05) is 0 Å². The van der Waals surface area contributed by atoms with Crippen molar-refractivity contribution in [2.75, 3.05) is 5.73 Å². The lowest BCUT2D eigenvalue weighted by Crippen LogP contribution is -1.94. The molecule has 0 aliphatic rings. The molecule has 4 heteroatoms. The minimum atomic E-state index is -0.359. The predicted molar refractivity (Wildman–Crippen MR) is 44.3 cm³/mol. The van der Waals surface area contributed by atoms with Crippen LogP contribution in [0.1, 0.15) is 15.9 Å². The molecule has 0 radical (unpaired) electrons. The largest absolute Gasteiger partial charge is 0.507 e. The molecule has 0 unspecified atom stereocenters. The summed E-state index contributed by atoms with van der Waals surface area (Å²) in [7, 11) is 0. The van der Waals surface area contributed by atoms with E-state index in [1.165, 1.54) is 6.07 Å². The third kappa shape index (κ3) is 1.07. The highest BCUT2D eigenvalue weighted by Gasteiger charge is 2.11.